The van der Waals surface area contributed by atoms with Crippen LogP contribution < -0.4 is 4.90 Å². The van der Waals surface area contributed by atoms with E-state index >= 15 is 0 Å². The molecule has 0 aromatic heterocycles. The summed E-state index contributed by atoms with van der Waals surface area (Å²) in [6.07, 6.45) is 1.20. The zero-order valence-corrected chi connectivity index (χ0v) is 11.4. The first kappa shape index (κ1) is 13.8. The lowest BCUT2D eigenvalue weighted by Gasteiger charge is -2.26. The summed E-state index contributed by atoms with van der Waals surface area (Å²) in [5.41, 5.74) is 1.99. The SMILES string of the molecule is CCC(C)CN(CC)c1ccc(C(C)=O)cc1. The Balaban J connectivity index is 2.78. The Morgan fingerprint density at radius 2 is 1.82 bits per heavy atom. The molecule has 17 heavy (non-hydrogen) atoms. The fourth-order valence-electron chi connectivity index (χ4n) is 1.83. The van der Waals surface area contributed by atoms with Crippen LogP contribution in [0.3, 0.4) is 0 Å². The molecule has 1 aromatic rings. The first-order chi connectivity index (χ1) is 8.08. The van der Waals surface area contributed by atoms with E-state index in [1.54, 1.807) is 6.92 Å². The van der Waals surface area contributed by atoms with E-state index in [2.05, 4.69) is 25.7 Å². The minimum Gasteiger partial charge on any atom is -0.372 e. The number of nitrogens with zero attached hydrogens (tertiary/aromatic N) is 1. The molecule has 0 saturated carbocycles. The maximum absolute atomic E-state index is 11.2. The monoisotopic (exact) mass is 233 g/mol. The molecule has 0 bridgehead atoms. The summed E-state index contributed by atoms with van der Waals surface area (Å²) in [5.74, 6) is 0.823. The second-order valence-electron chi connectivity index (χ2n) is 4.66. The van der Waals surface area contributed by atoms with Gasteiger partial charge in [-0.15, -0.1) is 0 Å². The average molecular weight is 233 g/mol. The summed E-state index contributed by atoms with van der Waals surface area (Å²) < 4.78 is 0. The molecule has 0 N–H and O–H groups in total. The molecule has 2 heteroatoms. The number of hydrogen-bond acceptors (Lipinski definition) is 2. The minimum absolute atomic E-state index is 0.126. The van der Waals surface area contributed by atoms with E-state index in [9.17, 15) is 4.79 Å². The van der Waals surface area contributed by atoms with Crippen LogP contribution in [0, 0.1) is 5.92 Å². The molecule has 94 valence electrons. The van der Waals surface area contributed by atoms with Crippen LogP contribution in [0.15, 0.2) is 24.3 Å². The van der Waals surface area contributed by atoms with Gasteiger partial charge in [-0.3, -0.25) is 4.79 Å². The first-order valence-electron chi connectivity index (χ1n) is 6.44. The van der Waals surface area contributed by atoms with E-state index in [-0.39, 0.29) is 5.78 Å². The maximum Gasteiger partial charge on any atom is 0.159 e. The van der Waals surface area contributed by atoms with Gasteiger partial charge in [0.1, 0.15) is 0 Å². The van der Waals surface area contributed by atoms with Crippen LogP contribution in [0.5, 0.6) is 0 Å². The van der Waals surface area contributed by atoms with Gasteiger partial charge in [-0.25, -0.2) is 0 Å². The molecular formula is C15H23NO. The molecule has 0 aliphatic heterocycles. The summed E-state index contributed by atoms with van der Waals surface area (Å²) >= 11 is 0. The van der Waals surface area contributed by atoms with E-state index < -0.39 is 0 Å². The van der Waals surface area contributed by atoms with Crippen molar-refractivity contribution in [1.82, 2.24) is 0 Å². The Labute approximate surface area is 105 Å². The van der Waals surface area contributed by atoms with Gasteiger partial charge < -0.3 is 4.90 Å². The summed E-state index contributed by atoms with van der Waals surface area (Å²) in [7, 11) is 0. The molecule has 0 spiro atoms. The largest absolute Gasteiger partial charge is 0.372 e. The highest BCUT2D eigenvalue weighted by molar-refractivity contribution is 5.94. The highest BCUT2D eigenvalue weighted by Gasteiger charge is 2.08. The zero-order chi connectivity index (χ0) is 12.8. The van der Waals surface area contributed by atoms with Crippen LogP contribution in [-0.4, -0.2) is 18.9 Å². The Morgan fingerprint density at radius 3 is 2.24 bits per heavy atom. The number of hydrogen-bond donors (Lipinski definition) is 0. The lowest BCUT2D eigenvalue weighted by atomic mass is 10.1. The fraction of sp³-hybridized carbons (Fsp3) is 0.533. The summed E-state index contributed by atoms with van der Waals surface area (Å²) in [6.45, 7) is 10.3. The van der Waals surface area contributed by atoms with Crippen molar-refractivity contribution in [1.29, 1.82) is 0 Å². The van der Waals surface area contributed by atoms with Crippen LogP contribution in [0.4, 0.5) is 5.69 Å². The Kier molecular flexibility index (Phi) is 5.20. The number of anilines is 1. The quantitative estimate of drug-likeness (QED) is 0.697. The number of carbonyl (C=O) groups is 1. The second-order valence-corrected chi connectivity index (χ2v) is 4.66. The van der Waals surface area contributed by atoms with Gasteiger partial charge >= 0.3 is 0 Å². The normalized spacial score (nSPS) is 12.2. The van der Waals surface area contributed by atoms with Gasteiger partial charge in [-0.05, 0) is 44.0 Å². The van der Waals surface area contributed by atoms with Crippen LogP contribution >= 0.6 is 0 Å². The first-order valence-corrected chi connectivity index (χ1v) is 6.44. The molecule has 0 heterocycles. The molecule has 1 aromatic carbocycles. The van der Waals surface area contributed by atoms with E-state index in [1.165, 1.54) is 12.1 Å². The third-order valence-corrected chi connectivity index (χ3v) is 3.25. The number of rotatable bonds is 6. The fourth-order valence-corrected chi connectivity index (χ4v) is 1.83. The molecule has 1 rings (SSSR count). The lowest BCUT2D eigenvalue weighted by Crippen LogP contribution is -2.27. The predicted molar refractivity (Wildman–Crippen MR) is 73.8 cm³/mol. The molecule has 0 aliphatic rings. The van der Waals surface area contributed by atoms with Crippen molar-refractivity contribution in [3.63, 3.8) is 0 Å². The van der Waals surface area contributed by atoms with E-state index in [1.807, 2.05) is 24.3 Å². The predicted octanol–water partition coefficient (Wildman–Crippen LogP) is 3.76. The van der Waals surface area contributed by atoms with Crippen molar-refractivity contribution in [3.05, 3.63) is 29.8 Å². The van der Waals surface area contributed by atoms with Crippen LogP contribution in [0.25, 0.3) is 0 Å². The maximum atomic E-state index is 11.2. The van der Waals surface area contributed by atoms with E-state index in [0.717, 1.165) is 18.7 Å². The zero-order valence-electron chi connectivity index (χ0n) is 11.4. The number of carbonyl (C=O) groups excluding carboxylic acids is 1. The van der Waals surface area contributed by atoms with Gasteiger partial charge in [0.25, 0.3) is 0 Å². The molecule has 1 unspecified atom stereocenters. The summed E-state index contributed by atoms with van der Waals surface area (Å²) in [5, 5.41) is 0. The molecule has 0 amide bonds. The highest BCUT2D eigenvalue weighted by Crippen LogP contribution is 2.17. The van der Waals surface area contributed by atoms with Gasteiger partial charge in [0, 0.05) is 24.3 Å². The van der Waals surface area contributed by atoms with E-state index in [4.69, 9.17) is 0 Å². The lowest BCUT2D eigenvalue weighted by molar-refractivity contribution is 0.101. The second kappa shape index (κ2) is 6.43. The molecule has 0 aliphatic carbocycles. The van der Waals surface area contributed by atoms with Gasteiger partial charge in [0.05, 0.1) is 0 Å². The molecule has 0 saturated heterocycles. The van der Waals surface area contributed by atoms with Crippen LogP contribution in [0.1, 0.15) is 44.5 Å². The smallest absolute Gasteiger partial charge is 0.159 e. The van der Waals surface area contributed by atoms with Gasteiger partial charge in [0.15, 0.2) is 5.78 Å². The van der Waals surface area contributed by atoms with Crippen molar-refractivity contribution in [2.24, 2.45) is 5.92 Å². The van der Waals surface area contributed by atoms with Crippen LogP contribution in [0.2, 0.25) is 0 Å². The van der Waals surface area contributed by atoms with Crippen molar-refractivity contribution in [2.75, 3.05) is 18.0 Å². The van der Waals surface area contributed by atoms with E-state index in [0.29, 0.717) is 5.92 Å². The van der Waals surface area contributed by atoms with Crippen molar-refractivity contribution in [2.45, 2.75) is 34.1 Å². The molecule has 0 fully saturated rings. The van der Waals surface area contributed by atoms with Crippen molar-refractivity contribution >= 4 is 11.5 Å². The molecule has 0 radical (unpaired) electrons. The standard InChI is InChI=1S/C15H23NO/c1-5-12(3)11-16(6-2)15-9-7-14(8-10-15)13(4)17/h7-10,12H,5-6,11H2,1-4H3. The summed E-state index contributed by atoms with van der Waals surface area (Å²) in [4.78, 5) is 13.6. The molecule has 2 nitrogen and oxygen atoms in total. The number of Topliss-reactive ketones (excluding diaryl/α,β-unsaturated/α-hetero) is 1. The van der Waals surface area contributed by atoms with Gasteiger partial charge in [-0.2, -0.15) is 0 Å². The third kappa shape index (κ3) is 3.88. The number of ketones is 1. The Morgan fingerprint density at radius 1 is 1.24 bits per heavy atom. The Bertz CT molecular complexity index is 356. The van der Waals surface area contributed by atoms with Crippen molar-refractivity contribution in [3.8, 4) is 0 Å². The topological polar surface area (TPSA) is 20.3 Å². The number of benzene rings is 1. The van der Waals surface area contributed by atoms with Gasteiger partial charge in [-0.1, -0.05) is 20.3 Å². The van der Waals surface area contributed by atoms with Crippen molar-refractivity contribution < 1.29 is 4.79 Å². The van der Waals surface area contributed by atoms with Crippen LogP contribution in [-0.2, 0) is 0 Å². The minimum atomic E-state index is 0.126. The van der Waals surface area contributed by atoms with Gasteiger partial charge in [0.2, 0.25) is 0 Å². The average Bonchev–Trinajstić information content (AvgIpc) is 2.35. The molecular weight excluding hydrogens is 210 g/mol. The summed E-state index contributed by atoms with van der Waals surface area (Å²) in [6, 6.07) is 7.92. The highest BCUT2D eigenvalue weighted by atomic mass is 16.1. The third-order valence-electron chi connectivity index (χ3n) is 3.25. The molecule has 1 atom stereocenters. The Hall–Kier alpha value is -1.31.